The normalized spacial score (nSPS) is 20.9. The fourth-order valence-electron chi connectivity index (χ4n) is 2.12. The first kappa shape index (κ1) is 12.4. The van der Waals surface area contributed by atoms with Crippen molar-refractivity contribution in [3.63, 3.8) is 0 Å². The summed E-state index contributed by atoms with van der Waals surface area (Å²) in [4.78, 5) is 9.74. The van der Waals surface area contributed by atoms with E-state index in [2.05, 4.69) is 25.9 Å². The number of thiophene rings is 1. The standard InChI is InChI=1S/C11H9BrF2N2OS/c12-8-4-15-6-1-7(18-10(6)16-8)9(17)5-2-11(13,14)3-5/h1,4-5,9,17H,2-3H2/t9-/m0/s1. The Labute approximate surface area is 114 Å². The Morgan fingerprint density at radius 3 is 2.89 bits per heavy atom. The van der Waals surface area contributed by atoms with Crippen LogP contribution in [0.1, 0.15) is 23.8 Å². The lowest BCUT2D eigenvalue weighted by Gasteiger charge is -2.37. The highest BCUT2D eigenvalue weighted by Crippen LogP contribution is 2.49. The minimum Gasteiger partial charge on any atom is -0.387 e. The molecular formula is C11H9BrF2N2OS. The molecule has 0 aliphatic heterocycles. The van der Waals surface area contributed by atoms with E-state index in [1.165, 1.54) is 11.3 Å². The monoisotopic (exact) mass is 334 g/mol. The van der Waals surface area contributed by atoms with Gasteiger partial charge < -0.3 is 5.11 Å². The number of fused-ring (bicyclic) bond motifs is 1. The molecule has 2 aromatic heterocycles. The molecular weight excluding hydrogens is 326 g/mol. The van der Waals surface area contributed by atoms with Crippen LogP contribution in [-0.4, -0.2) is 21.0 Å². The summed E-state index contributed by atoms with van der Waals surface area (Å²) in [6.45, 7) is 0. The predicted molar refractivity (Wildman–Crippen MR) is 67.7 cm³/mol. The third kappa shape index (κ3) is 2.15. The number of hydrogen-bond acceptors (Lipinski definition) is 4. The van der Waals surface area contributed by atoms with Crippen molar-refractivity contribution in [2.45, 2.75) is 24.9 Å². The summed E-state index contributed by atoms with van der Waals surface area (Å²) in [5.41, 5.74) is 0.684. The van der Waals surface area contributed by atoms with Crippen molar-refractivity contribution in [2.75, 3.05) is 0 Å². The summed E-state index contributed by atoms with van der Waals surface area (Å²) in [5, 5.41) is 10.1. The molecule has 0 radical (unpaired) electrons. The second kappa shape index (κ2) is 4.18. The topological polar surface area (TPSA) is 46.0 Å². The first-order valence-corrected chi connectivity index (χ1v) is 7.03. The molecule has 1 aliphatic rings. The van der Waals surface area contributed by atoms with Gasteiger partial charge in [-0.05, 0) is 22.0 Å². The van der Waals surface area contributed by atoms with Crippen LogP contribution >= 0.6 is 27.3 Å². The third-order valence-corrected chi connectivity index (χ3v) is 4.56. The van der Waals surface area contributed by atoms with Gasteiger partial charge >= 0.3 is 0 Å². The summed E-state index contributed by atoms with van der Waals surface area (Å²) < 4.78 is 26.2. The Morgan fingerprint density at radius 2 is 2.22 bits per heavy atom. The highest BCUT2D eigenvalue weighted by atomic mass is 79.9. The first-order chi connectivity index (χ1) is 8.44. The van der Waals surface area contributed by atoms with Crippen LogP contribution in [0.3, 0.4) is 0 Å². The van der Waals surface area contributed by atoms with E-state index in [4.69, 9.17) is 0 Å². The molecule has 0 bridgehead atoms. The molecule has 0 amide bonds. The zero-order valence-corrected chi connectivity index (χ0v) is 11.5. The minimum absolute atomic E-state index is 0.243. The van der Waals surface area contributed by atoms with Gasteiger partial charge in [0.1, 0.15) is 15.0 Å². The van der Waals surface area contributed by atoms with Gasteiger partial charge in [0.15, 0.2) is 0 Å². The van der Waals surface area contributed by atoms with Gasteiger partial charge in [0.05, 0.1) is 12.3 Å². The number of aromatic nitrogens is 2. The maximum Gasteiger partial charge on any atom is 0.248 e. The maximum atomic E-state index is 12.8. The van der Waals surface area contributed by atoms with Gasteiger partial charge in [0.25, 0.3) is 0 Å². The van der Waals surface area contributed by atoms with E-state index in [0.29, 0.717) is 19.8 Å². The molecule has 3 rings (SSSR count). The van der Waals surface area contributed by atoms with Gasteiger partial charge in [-0.15, -0.1) is 11.3 Å². The van der Waals surface area contributed by atoms with Gasteiger partial charge in [-0.25, -0.2) is 13.8 Å². The molecule has 3 nitrogen and oxygen atoms in total. The largest absolute Gasteiger partial charge is 0.387 e. The van der Waals surface area contributed by atoms with Crippen molar-refractivity contribution >= 4 is 37.6 Å². The first-order valence-electron chi connectivity index (χ1n) is 5.42. The number of hydrogen-bond donors (Lipinski definition) is 1. The predicted octanol–water partition coefficient (Wildman–Crippen LogP) is 3.53. The highest BCUT2D eigenvalue weighted by Gasteiger charge is 2.48. The molecule has 1 saturated carbocycles. The van der Waals surface area contributed by atoms with E-state index in [1.807, 2.05) is 0 Å². The number of rotatable bonds is 2. The molecule has 1 atom stereocenters. The molecule has 96 valence electrons. The molecule has 0 unspecified atom stereocenters. The summed E-state index contributed by atoms with van der Waals surface area (Å²) in [7, 11) is 0. The lowest BCUT2D eigenvalue weighted by atomic mass is 9.77. The van der Waals surface area contributed by atoms with E-state index in [0.717, 1.165) is 0 Å². The number of aliphatic hydroxyl groups excluding tert-OH is 1. The van der Waals surface area contributed by atoms with Crippen molar-refractivity contribution < 1.29 is 13.9 Å². The van der Waals surface area contributed by atoms with Crippen molar-refractivity contribution in [1.29, 1.82) is 0 Å². The molecule has 2 heterocycles. The highest BCUT2D eigenvalue weighted by molar-refractivity contribution is 9.10. The van der Waals surface area contributed by atoms with E-state index >= 15 is 0 Å². The molecule has 0 saturated heterocycles. The number of aliphatic hydroxyl groups is 1. The van der Waals surface area contributed by atoms with Crippen LogP contribution in [0.5, 0.6) is 0 Å². The summed E-state index contributed by atoms with van der Waals surface area (Å²) in [5.74, 6) is -2.97. The van der Waals surface area contributed by atoms with Crippen molar-refractivity contribution in [1.82, 2.24) is 9.97 Å². The molecule has 0 spiro atoms. The molecule has 1 N–H and O–H groups in total. The second-order valence-electron chi connectivity index (χ2n) is 4.50. The van der Waals surface area contributed by atoms with Gasteiger partial charge in [-0.2, -0.15) is 0 Å². The van der Waals surface area contributed by atoms with Crippen LogP contribution < -0.4 is 0 Å². The summed E-state index contributed by atoms with van der Waals surface area (Å²) in [6.07, 6.45) is 0.243. The van der Waals surface area contributed by atoms with Gasteiger partial charge in [-0.1, -0.05) is 0 Å². The molecule has 18 heavy (non-hydrogen) atoms. The Kier molecular flexibility index (Phi) is 2.87. The van der Waals surface area contributed by atoms with Crippen LogP contribution in [0.25, 0.3) is 10.3 Å². The molecule has 1 aliphatic carbocycles. The van der Waals surface area contributed by atoms with E-state index in [1.54, 1.807) is 12.3 Å². The van der Waals surface area contributed by atoms with Crippen LogP contribution in [0, 0.1) is 5.92 Å². The van der Waals surface area contributed by atoms with Crippen LogP contribution in [0.15, 0.2) is 16.9 Å². The van der Waals surface area contributed by atoms with Crippen LogP contribution in [0.4, 0.5) is 8.78 Å². The van der Waals surface area contributed by atoms with Gasteiger partial charge in [-0.3, -0.25) is 4.98 Å². The summed E-state index contributed by atoms with van der Waals surface area (Å²) in [6, 6.07) is 1.72. The Hall–Kier alpha value is -0.660. The summed E-state index contributed by atoms with van der Waals surface area (Å²) >= 11 is 4.52. The van der Waals surface area contributed by atoms with Crippen molar-refractivity contribution in [3.8, 4) is 0 Å². The average Bonchev–Trinajstić information content (AvgIpc) is 2.67. The molecule has 7 heteroatoms. The molecule has 2 aromatic rings. The second-order valence-corrected chi connectivity index (χ2v) is 6.38. The zero-order chi connectivity index (χ0) is 12.9. The maximum absolute atomic E-state index is 12.8. The quantitative estimate of drug-likeness (QED) is 0.913. The van der Waals surface area contributed by atoms with Gasteiger partial charge in [0, 0.05) is 23.6 Å². The Balaban J connectivity index is 1.86. The van der Waals surface area contributed by atoms with E-state index < -0.39 is 12.0 Å². The van der Waals surface area contributed by atoms with Crippen molar-refractivity contribution in [3.05, 3.63) is 21.7 Å². The Morgan fingerprint density at radius 1 is 1.50 bits per heavy atom. The average molecular weight is 335 g/mol. The van der Waals surface area contributed by atoms with Crippen LogP contribution in [0.2, 0.25) is 0 Å². The van der Waals surface area contributed by atoms with E-state index in [9.17, 15) is 13.9 Å². The zero-order valence-electron chi connectivity index (χ0n) is 9.11. The lowest BCUT2D eigenvalue weighted by Crippen LogP contribution is -2.38. The number of nitrogens with zero attached hydrogens (tertiary/aromatic N) is 2. The van der Waals surface area contributed by atoms with Crippen LogP contribution in [-0.2, 0) is 0 Å². The number of alkyl halides is 2. The minimum atomic E-state index is -2.61. The van der Waals surface area contributed by atoms with Crippen molar-refractivity contribution in [2.24, 2.45) is 5.92 Å². The van der Waals surface area contributed by atoms with Gasteiger partial charge in [0.2, 0.25) is 5.92 Å². The molecule has 0 aromatic carbocycles. The fourth-order valence-corrected chi connectivity index (χ4v) is 3.58. The van der Waals surface area contributed by atoms with E-state index in [-0.39, 0.29) is 18.8 Å². The SMILES string of the molecule is O[C@H](c1cc2ncc(Br)nc2s1)C1CC(F)(F)C1. The smallest absolute Gasteiger partial charge is 0.248 e. The number of halogens is 3. The molecule has 1 fully saturated rings. The third-order valence-electron chi connectivity index (χ3n) is 3.09. The lowest BCUT2D eigenvalue weighted by molar-refractivity contribution is -0.141. The Bertz CT molecular complexity index is 596. The fraction of sp³-hybridized carbons (Fsp3) is 0.455.